The Kier molecular flexibility index (Phi) is 4.07. The van der Waals surface area contributed by atoms with Crippen molar-refractivity contribution in [3.63, 3.8) is 0 Å². The van der Waals surface area contributed by atoms with E-state index < -0.39 is 5.41 Å². The van der Waals surface area contributed by atoms with Gasteiger partial charge in [0.25, 0.3) is 0 Å². The molecule has 2 N–H and O–H groups in total. The van der Waals surface area contributed by atoms with Crippen LogP contribution in [-0.4, -0.2) is 23.9 Å². The number of nitrogen functional groups attached to an aromatic ring is 1. The van der Waals surface area contributed by atoms with Gasteiger partial charge in [-0.15, -0.1) is 0 Å². The highest BCUT2D eigenvalue weighted by atomic mass is 16.2. The van der Waals surface area contributed by atoms with Crippen LogP contribution in [0, 0.1) is 11.8 Å². The first-order chi connectivity index (χ1) is 9.30. The lowest BCUT2D eigenvalue weighted by atomic mass is 9.81. The van der Waals surface area contributed by atoms with Gasteiger partial charge in [0.1, 0.15) is 0 Å². The van der Waals surface area contributed by atoms with Gasteiger partial charge in [-0.25, -0.2) is 0 Å². The fraction of sp³-hybridized carbons (Fsp3) is 0.588. The molecule has 3 heteroatoms. The summed E-state index contributed by atoms with van der Waals surface area (Å²) in [6.45, 7) is 10.2. The highest BCUT2D eigenvalue weighted by Crippen LogP contribution is 2.30. The highest BCUT2D eigenvalue weighted by molar-refractivity contribution is 5.87. The molecule has 1 amide bonds. The largest absolute Gasteiger partial charge is 0.399 e. The zero-order valence-corrected chi connectivity index (χ0v) is 13.0. The fourth-order valence-corrected chi connectivity index (χ4v) is 3.25. The number of rotatable bonds is 2. The zero-order chi connectivity index (χ0) is 14.9. The number of carbonyl (C=O) groups excluding carboxylic acids is 1. The van der Waals surface area contributed by atoms with Gasteiger partial charge in [-0.1, -0.05) is 26.0 Å². The van der Waals surface area contributed by atoms with Crippen molar-refractivity contribution >= 4 is 11.6 Å². The van der Waals surface area contributed by atoms with Gasteiger partial charge in [0.05, 0.1) is 5.41 Å². The van der Waals surface area contributed by atoms with Crippen molar-refractivity contribution in [2.45, 2.75) is 39.5 Å². The Morgan fingerprint density at radius 2 is 1.65 bits per heavy atom. The van der Waals surface area contributed by atoms with Gasteiger partial charge in [-0.05, 0) is 49.8 Å². The van der Waals surface area contributed by atoms with Crippen LogP contribution in [0.25, 0.3) is 0 Å². The number of piperidine rings is 1. The molecule has 3 nitrogen and oxygen atoms in total. The first-order valence-electron chi connectivity index (χ1n) is 7.46. The maximum absolute atomic E-state index is 12.9. The molecule has 0 spiro atoms. The lowest BCUT2D eigenvalue weighted by molar-refractivity contribution is -0.139. The molecule has 1 aliphatic rings. The molecule has 1 saturated heterocycles. The summed E-state index contributed by atoms with van der Waals surface area (Å²) in [5, 5.41) is 0. The number of anilines is 1. The number of benzene rings is 1. The van der Waals surface area contributed by atoms with E-state index in [1.807, 2.05) is 43.0 Å². The number of amides is 1. The second-order valence-corrected chi connectivity index (χ2v) is 6.90. The van der Waals surface area contributed by atoms with Gasteiger partial charge in [0.2, 0.25) is 5.91 Å². The number of likely N-dealkylation sites (tertiary alicyclic amines) is 1. The van der Waals surface area contributed by atoms with E-state index in [-0.39, 0.29) is 5.91 Å². The molecule has 20 heavy (non-hydrogen) atoms. The summed E-state index contributed by atoms with van der Waals surface area (Å²) in [4.78, 5) is 14.9. The summed E-state index contributed by atoms with van der Waals surface area (Å²) in [6, 6.07) is 7.66. The second-order valence-electron chi connectivity index (χ2n) is 6.90. The van der Waals surface area contributed by atoms with Crippen LogP contribution in [0.1, 0.15) is 39.7 Å². The first kappa shape index (κ1) is 14.9. The molecule has 1 aromatic rings. The molecule has 110 valence electrons. The molecular weight excluding hydrogens is 248 g/mol. The van der Waals surface area contributed by atoms with Crippen molar-refractivity contribution in [3.05, 3.63) is 29.8 Å². The quantitative estimate of drug-likeness (QED) is 0.843. The normalized spacial score (nSPS) is 23.7. The SMILES string of the molecule is CC1CC(C)CN(C(=O)C(C)(C)c2ccc(N)cc2)C1. The monoisotopic (exact) mass is 274 g/mol. The minimum atomic E-state index is -0.496. The van der Waals surface area contributed by atoms with E-state index in [9.17, 15) is 4.79 Å². The van der Waals surface area contributed by atoms with Crippen LogP contribution in [-0.2, 0) is 10.2 Å². The van der Waals surface area contributed by atoms with E-state index in [1.165, 1.54) is 6.42 Å². The van der Waals surface area contributed by atoms with Crippen molar-refractivity contribution in [1.29, 1.82) is 0 Å². The molecule has 1 aromatic carbocycles. The third kappa shape index (κ3) is 2.97. The third-order valence-electron chi connectivity index (χ3n) is 4.32. The number of hydrogen-bond donors (Lipinski definition) is 1. The minimum absolute atomic E-state index is 0.223. The smallest absolute Gasteiger partial charge is 0.232 e. The molecular formula is C17H26N2O. The lowest BCUT2D eigenvalue weighted by Crippen LogP contribution is -2.49. The van der Waals surface area contributed by atoms with Gasteiger partial charge >= 0.3 is 0 Å². The number of nitrogens with zero attached hydrogens (tertiary/aromatic N) is 1. The van der Waals surface area contributed by atoms with Crippen LogP contribution >= 0.6 is 0 Å². The molecule has 0 aliphatic carbocycles. The summed E-state index contributed by atoms with van der Waals surface area (Å²) in [6.07, 6.45) is 1.21. The van der Waals surface area contributed by atoms with Gasteiger partial charge in [0.15, 0.2) is 0 Å². The Bertz CT molecular complexity index is 468. The maximum atomic E-state index is 12.9. The first-order valence-corrected chi connectivity index (χ1v) is 7.46. The standard InChI is InChI=1S/C17H26N2O/c1-12-9-13(2)11-19(10-12)16(20)17(3,4)14-5-7-15(18)8-6-14/h5-8,12-13H,9-11,18H2,1-4H3. The third-order valence-corrected chi connectivity index (χ3v) is 4.32. The van der Waals surface area contributed by atoms with Crippen LogP contribution in [0.4, 0.5) is 5.69 Å². The van der Waals surface area contributed by atoms with E-state index in [0.717, 1.165) is 24.3 Å². The zero-order valence-electron chi connectivity index (χ0n) is 13.0. The van der Waals surface area contributed by atoms with E-state index in [2.05, 4.69) is 13.8 Å². The van der Waals surface area contributed by atoms with E-state index in [0.29, 0.717) is 11.8 Å². The lowest BCUT2D eigenvalue weighted by Gasteiger charge is -2.39. The predicted molar refractivity (Wildman–Crippen MR) is 83.4 cm³/mol. The van der Waals surface area contributed by atoms with Crippen LogP contribution in [0.2, 0.25) is 0 Å². The van der Waals surface area contributed by atoms with Gasteiger partial charge in [0, 0.05) is 18.8 Å². The summed E-state index contributed by atoms with van der Waals surface area (Å²) in [5.74, 6) is 1.40. The van der Waals surface area contributed by atoms with Gasteiger partial charge < -0.3 is 10.6 Å². The Morgan fingerprint density at radius 3 is 2.15 bits per heavy atom. The number of nitrogens with two attached hydrogens (primary N) is 1. The van der Waals surface area contributed by atoms with Crippen molar-refractivity contribution in [3.8, 4) is 0 Å². The Balaban J connectivity index is 2.20. The molecule has 1 heterocycles. The van der Waals surface area contributed by atoms with Crippen molar-refractivity contribution in [2.24, 2.45) is 11.8 Å². The van der Waals surface area contributed by atoms with Gasteiger partial charge in [-0.2, -0.15) is 0 Å². The van der Waals surface area contributed by atoms with Gasteiger partial charge in [-0.3, -0.25) is 4.79 Å². The summed E-state index contributed by atoms with van der Waals surface area (Å²) >= 11 is 0. The van der Waals surface area contributed by atoms with Crippen LogP contribution < -0.4 is 5.73 Å². The second kappa shape index (κ2) is 5.47. The summed E-state index contributed by atoms with van der Waals surface area (Å²) in [7, 11) is 0. The molecule has 0 bridgehead atoms. The van der Waals surface area contributed by atoms with Crippen molar-refractivity contribution in [1.82, 2.24) is 4.90 Å². The van der Waals surface area contributed by atoms with E-state index in [4.69, 9.17) is 5.73 Å². The average molecular weight is 274 g/mol. The van der Waals surface area contributed by atoms with Crippen LogP contribution in [0.5, 0.6) is 0 Å². The number of hydrogen-bond acceptors (Lipinski definition) is 2. The Labute approximate surface area is 122 Å². The molecule has 2 rings (SSSR count). The fourth-order valence-electron chi connectivity index (χ4n) is 3.25. The van der Waals surface area contributed by atoms with Crippen LogP contribution in [0.3, 0.4) is 0 Å². The van der Waals surface area contributed by atoms with Crippen LogP contribution in [0.15, 0.2) is 24.3 Å². The average Bonchev–Trinajstić information content (AvgIpc) is 2.37. The predicted octanol–water partition coefficient (Wildman–Crippen LogP) is 3.05. The Hall–Kier alpha value is -1.51. The molecule has 2 atom stereocenters. The summed E-state index contributed by atoms with van der Waals surface area (Å²) < 4.78 is 0. The minimum Gasteiger partial charge on any atom is -0.399 e. The molecule has 1 aliphatic heterocycles. The highest BCUT2D eigenvalue weighted by Gasteiger charge is 2.36. The molecule has 2 unspecified atom stereocenters. The number of carbonyl (C=O) groups is 1. The van der Waals surface area contributed by atoms with E-state index in [1.54, 1.807) is 0 Å². The van der Waals surface area contributed by atoms with Crippen molar-refractivity contribution in [2.75, 3.05) is 18.8 Å². The maximum Gasteiger partial charge on any atom is 0.232 e. The van der Waals surface area contributed by atoms with Crippen molar-refractivity contribution < 1.29 is 4.79 Å². The topological polar surface area (TPSA) is 46.3 Å². The Morgan fingerprint density at radius 1 is 1.15 bits per heavy atom. The summed E-state index contributed by atoms with van der Waals surface area (Å²) in [5.41, 5.74) is 7.00. The molecule has 1 fully saturated rings. The molecule has 0 saturated carbocycles. The van der Waals surface area contributed by atoms with E-state index >= 15 is 0 Å². The molecule has 0 aromatic heterocycles. The molecule has 0 radical (unpaired) electrons.